The molecule has 0 radical (unpaired) electrons. The lowest BCUT2D eigenvalue weighted by Gasteiger charge is -2.15. The maximum atomic E-state index is 12.3. The number of hydrogen-bond donors (Lipinski definition) is 2. The Bertz CT molecular complexity index is 568. The van der Waals surface area contributed by atoms with Crippen molar-refractivity contribution in [3.05, 3.63) is 40.5 Å². The highest BCUT2D eigenvalue weighted by atomic mass is 32.1. The van der Waals surface area contributed by atoms with Gasteiger partial charge >= 0.3 is 0 Å². The third kappa shape index (κ3) is 3.54. The van der Waals surface area contributed by atoms with Crippen molar-refractivity contribution >= 4 is 23.1 Å². The lowest BCUT2D eigenvalue weighted by molar-refractivity contribution is 0.0940. The molecule has 0 aromatic carbocycles. The van der Waals surface area contributed by atoms with E-state index in [9.17, 15) is 4.79 Å². The average Bonchev–Trinajstić information content (AvgIpc) is 2.92. The summed E-state index contributed by atoms with van der Waals surface area (Å²) >= 11 is 1.53. The van der Waals surface area contributed by atoms with Gasteiger partial charge in [-0.25, -0.2) is 9.97 Å². The number of amides is 1. The highest BCUT2D eigenvalue weighted by molar-refractivity contribution is 7.09. The SMILES string of the molecule is CC(C)Nc1ncccc1C(=O)N[C@@H](C)c1nccs1. The van der Waals surface area contributed by atoms with Crippen LogP contribution in [-0.2, 0) is 0 Å². The predicted octanol–water partition coefficient (Wildman–Crippen LogP) is 2.85. The lowest BCUT2D eigenvalue weighted by atomic mass is 10.2. The average molecular weight is 290 g/mol. The molecule has 0 fully saturated rings. The normalized spacial score (nSPS) is 12.2. The first-order chi connectivity index (χ1) is 9.58. The number of nitrogens with zero attached hydrogens (tertiary/aromatic N) is 2. The van der Waals surface area contributed by atoms with Gasteiger partial charge in [0.05, 0.1) is 11.6 Å². The Kier molecular flexibility index (Phi) is 4.68. The van der Waals surface area contributed by atoms with Crippen LogP contribution in [0.2, 0.25) is 0 Å². The zero-order valence-corrected chi connectivity index (χ0v) is 12.6. The van der Waals surface area contributed by atoms with Gasteiger partial charge in [0.1, 0.15) is 10.8 Å². The van der Waals surface area contributed by atoms with Crippen molar-refractivity contribution in [2.75, 3.05) is 5.32 Å². The van der Waals surface area contributed by atoms with Gasteiger partial charge < -0.3 is 10.6 Å². The third-order valence-corrected chi connectivity index (χ3v) is 3.61. The van der Waals surface area contributed by atoms with Crippen LogP contribution in [0, 0.1) is 0 Å². The van der Waals surface area contributed by atoms with E-state index in [-0.39, 0.29) is 18.0 Å². The second kappa shape index (κ2) is 6.47. The largest absolute Gasteiger partial charge is 0.367 e. The molecule has 0 spiro atoms. The van der Waals surface area contributed by atoms with Crippen LogP contribution in [0.4, 0.5) is 5.82 Å². The zero-order valence-electron chi connectivity index (χ0n) is 11.8. The Balaban J connectivity index is 2.13. The van der Waals surface area contributed by atoms with E-state index in [1.54, 1.807) is 24.5 Å². The van der Waals surface area contributed by atoms with Crippen LogP contribution in [0.15, 0.2) is 29.9 Å². The molecule has 6 heteroatoms. The molecule has 2 rings (SSSR count). The molecule has 2 aromatic heterocycles. The molecule has 0 aliphatic carbocycles. The maximum absolute atomic E-state index is 12.3. The monoisotopic (exact) mass is 290 g/mol. The van der Waals surface area contributed by atoms with E-state index in [1.807, 2.05) is 26.2 Å². The number of pyridine rings is 1. The van der Waals surface area contributed by atoms with Crippen molar-refractivity contribution in [1.82, 2.24) is 15.3 Å². The smallest absolute Gasteiger partial charge is 0.255 e. The van der Waals surface area contributed by atoms with Crippen molar-refractivity contribution in [2.24, 2.45) is 0 Å². The fourth-order valence-electron chi connectivity index (χ4n) is 1.76. The van der Waals surface area contributed by atoms with Crippen molar-refractivity contribution in [3.63, 3.8) is 0 Å². The number of nitrogens with one attached hydrogen (secondary N) is 2. The summed E-state index contributed by atoms with van der Waals surface area (Å²) in [5.41, 5.74) is 0.546. The van der Waals surface area contributed by atoms with E-state index < -0.39 is 0 Å². The Morgan fingerprint density at radius 2 is 2.05 bits per heavy atom. The second-order valence-corrected chi connectivity index (χ2v) is 5.69. The number of anilines is 1. The Morgan fingerprint density at radius 1 is 1.25 bits per heavy atom. The summed E-state index contributed by atoms with van der Waals surface area (Å²) in [7, 11) is 0. The van der Waals surface area contributed by atoms with Gasteiger partial charge in [-0.2, -0.15) is 0 Å². The van der Waals surface area contributed by atoms with Gasteiger partial charge in [-0.05, 0) is 32.9 Å². The fraction of sp³-hybridized carbons (Fsp3) is 0.357. The van der Waals surface area contributed by atoms with E-state index in [1.165, 1.54) is 11.3 Å². The van der Waals surface area contributed by atoms with Gasteiger partial charge in [0.25, 0.3) is 5.91 Å². The van der Waals surface area contributed by atoms with Crippen molar-refractivity contribution < 1.29 is 4.79 Å². The number of carbonyl (C=O) groups excluding carboxylic acids is 1. The number of rotatable bonds is 5. The topological polar surface area (TPSA) is 66.9 Å². The van der Waals surface area contributed by atoms with Crippen LogP contribution in [0.25, 0.3) is 0 Å². The van der Waals surface area contributed by atoms with Crippen LogP contribution in [-0.4, -0.2) is 21.9 Å². The van der Waals surface area contributed by atoms with Crippen molar-refractivity contribution in [2.45, 2.75) is 32.9 Å². The van der Waals surface area contributed by atoms with Gasteiger partial charge in [0.15, 0.2) is 0 Å². The molecule has 0 saturated heterocycles. The Labute approximate surface area is 122 Å². The van der Waals surface area contributed by atoms with Crippen LogP contribution in [0.1, 0.15) is 42.2 Å². The lowest BCUT2D eigenvalue weighted by Crippen LogP contribution is -2.28. The van der Waals surface area contributed by atoms with Crippen molar-refractivity contribution in [3.8, 4) is 0 Å². The quantitative estimate of drug-likeness (QED) is 0.888. The zero-order chi connectivity index (χ0) is 14.5. The van der Waals surface area contributed by atoms with Gasteiger partial charge in [-0.3, -0.25) is 4.79 Å². The van der Waals surface area contributed by atoms with Gasteiger partial charge in [-0.15, -0.1) is 11.3 Å². The van der Waals surface area contributed by atoms with E-state index >= 15 is 0 Å². The molecule has 0 unspecified atom stereocenters. The molecule has 2 N–H and O–H groups in total. The summed E-state index contributed by atoms with van der Waals surface area (Å²) in [4.78, 5) is 20.8. The summed E-state index contributed by atoms with van der Waals surface area (Å²) < 4.78 is 0. The fourth-order valence-corrected chi connectivity index (χ4v) is 2.41. The van der Waals surface area contributed by atoms with Gasteiger partial charge in [0.2, 0.25) is 0 Å². The van der Waals surface area contributed by atoms with E-state index in [2.05, 4.69) is 20.6 Å². The summed E-state index contributed by atoms with van der Waals surface area (Å²) in [6, 6.07) is 3.62. The highest BCUT2D eigenvalue weighted by Gasteiger charge is 2.17. The van der Waals surface area contributed by atoms with Crippen molar-refractivity contribution in [1.29, 1.82) is 0 Å². The second-order valence-electron chi connectivity index (χ2n) is 4.76. The summed E-state index contributed by atoms with van der Waals surface area (Å²) in [5.74, 6) is 0.454. The van der Waals surface area contributed by atoms with Crippen LogP contribution in [0.3, 0.4) is 0 Å². The number of carbonyl (C=O) groups is 1. The summed E-state index contributed by atoms with van der Waals surface area (Å²) in [5, 5.41) is 8.90. The number of aromatic nitrogens is 2. The molecular weight excluding hydrogens is 272 g/mol. The first kappa shape index (κ1) is 14.5. The molecule has 0 saturated carbocycles. The van der Waals surface area contributed by atoms with Crippen LogP contribution in [0.5, 0.6) is 0 Å². The van der Waals surface area contributed by atoms with Gasteiger partial charge in [-0.1, -0.05) is 0 Å². The van der Waals surface area contributed by atoms with Crippen LogP contribution < -0.4 is 10.6 Å². The first-order valence-electron chi connectivity index (χ1n) is 6.49. The minimum atomic E-state index is -0.149. The Hall–Kier alpha value is -1.95. The molecule has 20 heavy (non-hydrogen) atoms. The molecule has 2 heterocycles. The standard InChI is InChI=1S/C14H18N4OS/c1-9(2)17-12-11(5-4-6-15-12)13(19)18-10(3)14-16-7-8-20-14/h4-10H,1-3H3,(H,15,17)(H,18,19)/t10-/m0/s1. The molecule has 0 bridgehead atoms. The maximum Gasteiger partial charge on any atom is 0.255 e. The van der Waals surface area contributed by atoms with E-state index in [4.69, 9.17) is 0 Å². The molecule has 1 amide bonds. The minimum absolute atomic E-state index is 0.116. The summed E-state index contributed by atoms with van der Waals surface area (Å²) in [6.07, 6.45) is 3.41. The molecular formula is C14H18N4OS. The Morgan fingerprint density at radius 3 is 2.70 bits per heavy atom. The number of thiazole rings is 1. The molecule has 1 atom stereocenters. The highest BCUT2D eigenvalue weighted by Crippen LogP contribution is 2.17. The molecule has 5 nitrogen and oxygen atoms in total. The van der Waals surface area contributed by atoms with Gasteiger partial charge in [0, 0.05) is 23.8 Å². The third-order valence-electron chi connectivity index (χ3n) is 2.65. The van der Waals surface area contributed by atoms with E-state index in [0.29, 0.717) is 11.4 Å². The minimum Gasteiger partial charge on any atom is -0.367 e. The van der Waals surface area contributed by atoms with Crippen LogP contribution >= 0.6 is 11.3 Å². The molecule has 0 aliphatic rings. The predicted molar refractivity (Wildman–Crippen MR) is 81.0 cm³/mol. The number of hydrogen-bond acceptors (Lipinski definition) is 5. The molecule has 106 valence electrons. The first-order valence-corrected chi connectivity index (χ1v) is 7.37. The molecule has 2 aromatic rings. The van der Waals surface area contributed by atoms with E-state index in [0.717, 1.165) is 5.01 Å². The molecule has 0 aliphatic heterocycles. The summed E-state index contributed by atoms with van der Waals surface area (Å²) in [6.45, 7) is 5.94.